The van der Waals surface area contributed by atoms with Gasteiger partial charge in [0.05, 0.1) is 24.0 Å². The smallest absolute Gasteiger partial charge is 0.322 e. The molecule has 1 rings (SSSR count). The Bertz CT molecular complexity index is 393. The van der Waals surface area contributed by atoms with Crippen molar-refractivity contribution in [3.63, 3.8) is 0 Å². The van der Waals surface area contributed by atoms with Crippen molar-refractivity contribution in [3.8, 4) is 0 Å². The third kappa shape index (κ3) is 3.99. The average Bonchev–Trinajstić information content (AvgIpc) is 2.69. The zero-order valence-corrected chi connectivity index (χ0v) is 11.8. The summed E-state index contributed by atoms with van der Waals surface area (Å²) in [5.74, 6) is -0.237. The topological polar surface area (TPSA) is 56.2 Å². The lowest BCUT2D eigenvalue weighted by atomic mass is 10.2. The van der Waals surface area contributed by atoms with E-state index in [1.807, 2.05) is 6.92 Å². The molecule has 102 valence electrons. The molecule has 1 atom stereocenters. The van der Waals surface area contributed by atoms with Crippen LogP contribution in [0.25, 0.3) is 0 Å². The number of nitrogens with one attached hydrogen (secondary N) is 1. The second-order valence-electron chi connectivity index (χ2n) is 4.12. The fourth-order valence-electron chi connectivity index (χ4n) is 1.66. The number of hydrogen-bond donors (Lipinski definition) is 1. The van der Waals surface area contributed by atoms with Crippen LogP contribution in [0.1, 0.15) is 25.5 Å². The van der Waals surface area contributed by atoms with E-state index in [-0.39, 0.29) is 12.0 Å². The van der Waals surface area contributed by atoms with Gasteiger partial charge in [-0.05, 0) is 26.3 Å². The van der Waals surface area contributed by atoms with Gasteiger partial charge in [0, 0.05) is 6.54 Å². The Hall–Kier alpha value is -1.07. The standard InChI is InChI=1S/C12H20ClN3O2/c1-4-6-14-11(12(17)18-3)5-7-16-9(2)10(13)8-15-16/h8,11,14H,4-7H2,1-3H3. The van der Waals surface area contributed by atoms with Crippen LogP contribution in [-0.4, -0.2) is 35.4 Å². The molecule has 1 N–H and O–H groups in total. The van der Waals surface area contributed by atoms with E-state index >= 15 is 0 Å². The van der Waals surface area contributed by atoms with E-state index in [1.54, 1.807) is 10.9 Å². The Morgan fingerprint density at radius 3 is 2.89 bits per heavy atom. The molecule has 1 aromatic heterocycles. The molecule has 0 saturated carbocycles. The average molecular weight is 274 g/mol. The summed E-state index contributed by atoms with van der Waals surface area (Å²) in [6, 6.07) is -0.294. The molecule has 1 heterocycles. The first-order valence-corrected chi connectivity index (χ1v) is 6.47. The number of hydrogen-bond acceptors (Lipinski definition) is 4. The van der Waals surface area contributed by atoms with Gasteiger partial charge >= 0.3 is 5.97 Å². The minimum atomic E-state index is -0.294. The van der Waals surface area contributed by atoms with Gasteiger partial charge in [-0.1, -0.05) is 18.5 Å². The van der Waals surface area contributed by atoms with Crippen LogP contribution >= 0.6 is 11.6 Å². The summed E-state index contributed by atoms with van der Waals surface area (Å²) in [4.78, 5) is 11.6. The molecule has 0 aliphatic heterocycles. The summed E-state index contributed by atoms with van der Waals surface area (Å²) in [6.45, 7) is 5.38. The first-order chi connectivity index (χ1) is 8.60. The van der Waals surface area contributed by atoms with Crippen molar-refractivity contribution in [1.82, 2.24) is 15.1 Å². The highest BCUT2D eigenvalue weighted by Crippen LogP contribution is 2.13. The quantitative estimate of drug-likeness (QED) is 0.770. The van der Waals surface area contributed by atoms with Crippen LogP contribution in [0.5, 0.6) is 0 Å². The molecule has 1 unspecified atom stereocenters. The fourth-order valence-corrected chi connectivity index (χ4v) is 1.81. The molecule has 0 aliphatic rings. The van der Waals surface area contributed by atoms with E-state index in [1.165, 1.54) is 7.11 Å². The van der Waals surface area contributed by atoms with Crippen LogP contribution in [0.15, 0.2) is 6.20 Å². The molecule has 18 heavy (non-hydrogen) atoms. The molecule has 0 radical (unpaired) electrons. The van der Waals surface area contributed by atoms with Gasteiger partial charge in [0.15, 0.2) is 0 Å². The Labute approximate surface area is 112 Å². The number of rotatable bonds is 7. The van der Waals surface area contributed by atoms with Crippen molar-refractivity contribution in [1.29, 1.82) is 0 Å². The Morgan fingerprint density at radius 2 is 2.39 bits per heavy atom. The molecule has 0 spiro atoms. The number of nitrogens with zero attached hydrogens (tertiary/aromatic N) is 2. The van der Waals surface area contributed by atoms with Gasteiger partial charge in [-0.3, -0.25) is 9.48 Å². The zero-order chi connectivity index (χ0) is 13.5. The van der Waals surface area contributed by atoms with E-state index in [2.05, 4.69) is 17.3 Å². The monoisotopic (exact) mass is 273 g/mol. The molecule has 6 heteroatoms. The van der Waals surface area contributed by atoms with Gasteiger partial charge in [-0.15, -0.1) is 0 Å². The maximum atomic E-state index is 11.6. The van der Waals surface area contributed by atoms with Crippen molar-refractivity contribution in [2.45, 2.75) is 39.3 Å². The van der Waals surface area contributed by atoms with Gasteiger partial charge in [-0.2, -0.15) is 5.10 Å². The SMILES string of the molecule is CCCNC(CCn1ncc(Cl)c1C)C(=O)OC. The lowest BCUT2D eigenvalue weighted by Crippen LogP contribution is -2.39. The number of halogens is 1. The van der Waals surface area contributed by atoms with Crippen molar-refractivity contribution in [2.24, 2.45) is 0 Å². The highest BCUT2D eigenvalue weighted by atomic mass is 35.5. The van der Waals surface area contributed by atoms with Crippen molar-refractivity contribution in [3.05, 3.63) is 16.9 Å². The molecule has 0 aromatic carbocycles. The lowest BCUT2D eigenvalue weighted by Gasteiger charge is -2.16. The fraction of sp³-hybridized carbons (Fsp3) is 0.667. The summed E-state index contributed by atoms with van der Waals surface area (Å²) in [5, 5.41) is 7.97. The normalized spacial score (nSPS) is 12.4. The summed E-state index contributed by atoms with van der Waals surface area (Å²) in [6.07, 6.45) is 3.22. The molecule has 1 aromatic rings. The molecular formula is C12H20ClN3O2. The highest BCUT2D eigenvalue weighted by molar-refractivity contribution is 6.31. The van der Waals surface area contributed by atoms with Gasteiger partial charge < -0.3 is 10.1 Å². The number of methoxy groups -OCH3 is 1. The predicted molar refractivity (Wildman–Crippen MR) is 70.7 cm³/mol. The lowest BCUT2D eigenvalue weighted by molar-refractivity contribution is -0.143. The zero-order valence-electron chi connectivity index (χ0n) is 11.1. The van der Waals surface area contributed by atoms with Crippen LogP contribution < -0.4 is 5.32 Å². The molecule has 0 saturated heterocycles. The minimum Gasteiger partial charge on any atom is -0.468 e. The van der Waals surface area contributed by atoms with Gasteiger partial charge in [0.1, 0.15) is 6.04 Å². The number of esters is 1. The van der Waals surface area contributed by atoms with Crippen LogP contribution in [0.2, 0.25) is 5.02 Å². The molecule has 0 aliphatic carbocycles. The Morgan fingerprint density at radius 1 is 1.67 bits per heavy atom. The second kappa shape index (κ2) is 7.38. The number of ether oxygens (including phenoxy) is 1. The number of aromatic nitrogens is 2. The number of carbonyl (C=O) groups excluding carboxylic acids is 1. The Kier molecular flexibility index (Phi) is 6.15. The predicted octanol–water partition coefficient (Wildman–Crippen LogP) is 1.78. The molecular weight excluding hydrogens is 254 g/mol. The third-order valence-corrected chi connectivity index (χ3v) is 3.17. The summed E-state index contributed by atoms with van der Waals surface area (Å²) >= 11 is 5.93. The first kappa shape index (κ1) is 15.0. The van der Waals surface area contributed by atoms with E-state index in [4.69, 9.17) is 16.3 Å². The van der Waals surface area contributed by atoms with Gasteiger partial charge in [-0.25, -0.2) is 0 Å². The summed E-state index contributed by atoms with van der Waals surface area (Å²) in [5.41, 5.74) is 0.913. The minimum absolute atomic E-state index is 0.237. The molecule has 0 bridgehead atoms. The highest BCUT2D eigenvalue weighted by Gasteiger charge is 2.18. The van der Waals surface area contributed by atoms with E-state index < -0.39 is 0 Å². The van der Waals surface area contributed by atoms with Crippen LogP contribution in [0.3, 0.4) is 0 Å². The third-order valence-electron chi connectivity index (χ3n) is 2.80. The van der Waals surface area contributed by atoms with Crippen molar-refractivity contribution in [2.75, 3.05) is 13.7 Å². The molecule has 0 fully saturated rings. The van der Waals surface area contributed by atoms with E-state index in [9.17, 15) is 4.79 Å². The van der Waals surface area contributed by atoms with Crippen molar-refractivity contribution >= 4 is 17.6 Å². The number of aryl methyl sites for hydroxylation is 1. The van der Waals surface area contributed by atoms with Gasteiger partial charge in [0.25, 0.3) is 0 Å². The van der Waals surface area contributed by atoms with Crippen LogP contribution in [0, 0.1) is 6.92 Å². The number of carbonyl (C=O) groups is 1. The maximum absolute atomic E-state index is 11.6. The Balaban J connectivity index is 2.56. The molecule has 0 amide bonds. The first-order valence-electron chi connectivity index (χ1n) is 6.09. The van der Waals surface area contributed by atoms with Crippen LogP contribution in [0.4, 0.5) is 0 Å². The summed E-state index contributed by atoms with van der Waals surface area (Å²) in [7, 11) is 1.40. The van der Waals surface area contributed by atoms with Crippen LogP contribution in [-0.2, 0) is 16.1 Å². The summed E-state index contributed by atoms with van der Waals surface area (Å²) < 4.78 is 6.57. The second-order valence-corrected chi connectivity index (χ2v) is 4.53. The van der Waals surface area contributed by atoms with E-state index in [0.29, 0.717) is 18.0 Å². The maximum Gasteiger partial charge on any atom is 0.322 e. The molecule has 5 nitrogen and oxygen atoms in total. The largest absolute Gasteiger partial charge is 0.468 e. The van der Waals surface area contributed by atoms with Gasteiger partial charge in [0.2, 0.25) is 0 Å². The van der Waals surface area contributed by atoms with E-state index in [0.717, 1.165) is 18.7 Å². The van der Waals surface area contributed by atoms with Crippen molar-refractivity contribution < 1.29 is 9.53 Å².